The van der Waals surface area contributed by atoms with Crippen LogP contribution in [0.3, 0.4) is 0 Å². The Bertz CT molecular complexity index is 945. The lowest BCUT2D eigenvalue weighted by Gasteiger charge is -2.35. The van der Waals surface area contributed by atoms with Crippen LogP contribution in [0.5, 0.6) is 0 Å². The van der Waals surface area contributed by atoms with Crippen LogP contribution in [0.25, 0.3) is 0 Å². The number of carbonyl (C=O) groups excluding carboxylic acids is 1. The van der Waals surface area contributed by atoms with Crippen molar-refractivity contribution >= 4 is 33.3 Å². The Morgan fingerprint density at radius 1 is 1.19 bits per heavy atom. The molecule has 1 aromatic heterocycles. The molecule has 0 aliphatic carbocycles. The highest BCUT2D eigenvalue weighted by atomic mass is 35.5. The van der Waals surface area contributed by atoms with Crippen molar-refractivity contribution in [2.45, 2.75) is 4.90 Å². The molecule has 1 aromatic carbocycles. The van der Waals surface area contributed by atoms with E-state index in [0.717, 1.165) is 6.07 Å². The molecular formula is C17H18ClFN4O3S. The molecule has 3 rings (SSSR count). The van der Waals surface area contributed by atoms with E-state index >= 15 is 0 Å². The van der Waals surface area contributed by atoms with Crippen LogP contribution in [0, 0.1) is 5.82 Å². The van der Waals surface area contributed by atoms with Gasteiger partial charge in [-0.2, -0.15) is 0 Å². The first-order valence-corrected chi connectivity index (χ1v) is 10.1. The number of benzene rings is 1. The summed E-state index contributed by atoms with van der Waals surface area (Å²) in [6, 6.07) is 6.84. The molecule has 1 fully saturated rings. The molecular weight excluding hydrogens is 395 g/mol. The van der Waals surface area contributed by atoms with E-state index in [1.807, 2.05) is 4.90 Å². The minimum Gasteiger partial charge on any atom is -0.353 e. The van der Waals surface area contributed by atoms with E-state index in [4.69, 9.17) is 11.6 Å². The van der Waals surface area contributed by atoms with Crippen molar-refractivity contribution in [1.29, 1.82) is 0 Å². The van der Waals surface area contributed by atoms with Gasteiger partial charge in [-0.15, -0.1) is 0 Å². The zero-order valence-electron chi connectivity index (χ0n) is 14.5. The number of carbonyl (C=O) groups is 1. The van der Waals surface area contributed by atoms with Crippen molar-refractivity contribution < 1.29 is 17.6 Å². The maximum Gasteiger partial charge on any atom is 0.255 e. The molecule has 0 unspecified atom stereocenters. The summed E-state index contributed by atoms with van der Waals surface area (Å²) in [6.45, 7) is 1.97. The predicted octanol–water partition coefficient (Wildman–Crippen LogP) is 1.74. The number of anilines is 1. The molecule has 1 aliphatic heterocycles. The molecule has 10 heteroatoms. The lowest BCUT2D eigenvalue weighted by Crippen LogP contribution is -2.49. The van der Waals surface area contributed by atoms with Crippen LogP contribution in [0.15, 0.2) is 41.4 Å². The molecule has 1 N–H and O–H groups in total. The van der Waals surface area contributed by atoms with Gasteiger partial charge in [-0.25, -0.2) is 22.5 Å². The predicted molar refractivity (Wildman–Crippen MR) is 100 cm³/mol. The lowest BCUT2D eigenvalue weighted by atomic mass is 10.1. The second-order valence-electron chi connectivity index (χ2n) is 5.96. The lowest BCUT2D eigenvalue weighted by molar-refractivity contribution is 0.0746. The average molecular weight is 413 g/mol. The standard InChI is InChI=1S/C17H18ClFN4O3S/c1-20-27(25,26)13-3-5-16(21-11-13)22-6-8-23(9-7-22)17(24)14-4-2-12(19)10-15(14)18/h2-5,10-11,20H,6-9H2,1H3. The van der Waals surface area contributed by atoms with E-state index in [9.17, 15) is 17.6 Å². The summed E-state index contributed by atoms with van der Waals surface area (Å²) in [5.74, 6) is -0.101. The van der Waals surface area contributed by atoms with Crippen LogP contribution < -0.4 is 9.62 Å². The Labute approximate surface area is 161 Å². The molecule has 1 saturated heterocycles. The van der Waals surface area contributed by atoms with Gasteiger partial charge in [-0.05, 0) is 37.4 Å². The van der Waals surface area contributed by atoms with Crippen molar-refractivity contribution in [1.82, 2.24) is 14.6 Å². The van der Waals surface area contributed by atoms with Gasteiger partial charge in [0.25, 0.3) is 5.91 Å². The number of aromatic nitrogens is 1. The summed E-state index contributed by atoms with van der Waals surface area (Å²) in [7, 11) is -2.19. The molecule has 2 heterocycles. The van der Waals surface area contributed by atoms with Gasteiger partial charge in [0.15, 0.2) is 0 Å². The molecule has 1 amide bonds. The third kappa shape index (κ3) is 4.20. The van der Waals surface area contributed by atoms with Crippen molar-refractivity contribution in [3.63, 3.8) is 0 Å². The Morgan fingerprint density at radius 3 is 2.44 bits per heavy atom. The van der Waals surface area contributed by atoms with Crippen LogP contribution >= 0.6 is 11.6 Å². The summed E-state index contributed by atoms with van der Waals surface area (Å²) < 4.78 is 38.9. The molecule has 0 radical (unpaired) electrons. The highest BCUT2D eigenvalue weighted by Gasteiger charge is 2.24. The first kappa shape index (κ1) is 19.5. The number of rotatable bonds is 4. The minimum absolute atomic E-state index is 0.0884. The molecule has 144 valence electrons. The highest BCUT2D eigenvalue weighted by molar-refractivity contribution is 7.89. The molecule has 0 spiro atoms. The van der Waals surface area contributed by atoms with Gasteiger partial charge in [0.1, 0.15) is 16.5 Å². The topological polar surface area (TPSA) is 82.6 Å². The van der Waals surface area contributed by atoms with E-state index in [2.05, 4.69) is 9.71 Å². The van der Waals surface area contributed by atoms with Crippen molar-refractivity contribution in [3.05, 3.63) is 52.9 Å². The Balaban J connectivity index is 1.66. The maximum absolute atomic E-state index is 13.2. The fourth-order valence-electron chi connectivity index (χ4n) is 2.81. The highest BCUT2D eigenvalue weighted by Crippen LogP contribution is 2.21. The molecule has 1 aliphatic rings. The third-order valence-electron chi connectivity index (χ3n) is 4.35. The number of nitrogens with one attached hydrogen (secondary N) is 1. The number of hydrogen-bond acceptors (Lipinski definition) is 5. The minimum atomic E-state index is -3.53. The fraction of sp³-hybridized carbons (Fsp3) is 0.294. The SMILES string of the molecule is CNS(=O)(=O)c1ccc(N2CCN(C(=O)c3ccc(F)cc3Cl)CC2)nc1. The quantitative estimate of drug-likeness (QED) is 0.827. The maximum atomic E-state index is 13.2. The third-order valence-corrected chi connectivity index (χ3v) is 6.06. The second kappa shape index (κ2) is 7.79. The van der Waals surface area contributed by atoms with Crippen LogP contribution in [0.1, 0.15) is 10.4 Å². The van der Waals surface area contributed by atoms with E-state index in [1.54, 1.807) is 11.0 Å². The van der Waals surface area contributed by atoms with Crippen LogP contribution in [0.4, 0.5) is 10.2 Å². The summed E-state index contributed by atoms with van der Waals surface area (Å²) in [5, 5.41) is 0.0884. The fourth-order valence-corrected chi connectivity index (χ4v) is 3.73. The molecule has 7 nitrogen and oxygen atoms in total. The number of nitrogens with zero attached hydrogens (tertiary/aromatic N) is 3. The van der Waals surface area contributed by atoms with Crippen LogP contribution in [0.2, 0.25) is 5.02 Å². The smallest absolute Gasteiger partial charge is 0.255 e. The largest absolute Gasteiger partial charge is 0.353 e. The average Bonchev–Trinajstić information content (AvgIpc) is 2.68. The summed E-state index contributed by atoms with van der Waals surface area (Å²) >= 11 is 5.97. The number of hydrogen-bond donors (Lipinski definition) is 1. The van der Waals surface area contributed by atoms with Crippen molar-refractivity contribution in [2.75, 3.05) is 38.1 Å². The molecule has 0 atom stereocenters. The van der Waals surface area contributed by atoms with Gasteiger partial charge in [-0.3, -0.25) is 4.79 Å². The Hall–Kier alpha value is -2.23. The number of halogens is 2. The number of amides is 1. The van der Waals surface area contributed by atoms with Gasteiger partial charge in [-0.1, -0.05) is 11.6 Å². The summed E-state index contributed by atoms with van der Waals surface area (Å²) in [5.41, 5.74) is 0.270. The monoisotopic (exact) mass is 412 g/mol. The van der Waals surface area contributed by atoms with E-state index in [-0.39, 0.29) is 21.4 Å². The Kier molecular flexibility index (Phi) is 5.64. The molecule has 0 bridgehead atoms. The number of sulfonamides is 1. The first-order valence-electron chi connectivity index (χ1n) is 8.20. The van der Waals surface area contributed by atoms with Gasteiger partial charge in [0, 0.05) is 32.4 Å². The van der Waals surface area contributed by atoms with E-state index in [0.29, 0.717) is 32.0 Å². The number of pyridine rings is 1. The molecule has 2 aromatic rings. The van der Waals surface area contributed by atoms with Gasteiger partial charge in [0.05, 0.1) is 10.6 Å². The normalized spacial score (nSPS) is 15.1. The van der Waals surface area contributed by atoms with E-state index in [1.165, 1.54) is 31.4 Å². The van der Waals surface area contributed by atoms with Gasteiger partial charge >= 0.3 is 0 Å². The van der Waals surface area contributed by atoms with Gasteiger partial charge < -0.3 is 9.80 Å². The molecule has 0 saturated carbocycles. The van der Waals surface area contributed by atoms with Crippen molar-refractivity contribution in [2.24, 2.45) is 0 Å². The van der Waals surface area contributed by atoms with Gasteiger partial charge in [0.2, 0.25) is 10.0 Å². The zero-order valence-corrected chi connectivity index (χ0v) is 16.1. The first-order chi connectivity index (χ1) is 12.8. The summed E-state index contributed by atoms with van der Waals surface area (Å²) in [4.78, 5) is 20.5. The molecule has 27 heavy (non-hydrogen) atoms. The zero-order chi connectivity index (χ0) is 19.6. The van der Waals surface area contributed by atoms with Crippen LogP contribution in [-0.4, -0.2) is 57.4 Å². The number of piperazine rings is 1. The van der Waals surface area contributed by atoms with Crippen LogP contribution in [-0.2, 0) is 10.0 Å². The van der Waals surface area contributed by atoms with E-state index < -0.39 is 15.8 Å². The second-order valence-corrected chi connectivity index (χ2v) is 8.26. The van der Waals surface area contributed by atoms with Crippen molar-refractivity contribution in [3.8, 4) is 0 Å². The Morgan fingerprint density at radius 2 is 1.89 bits per heavy atom. The summed E-state index contributed by atoms with van der Waals surface area (Å²) in [6.07, 6.45) is 1.30.